The maximum absolute atomic E-state index is 12.1. The van der Waals surface area contributed by atoms with Gasteiger partial charge in [0.15, 0.2) is 5.69 Å². The second kappa shape index (κ2) is 4.96. The minimum absolute atomic E-state index is 0.285. The molecule has 0 aliphatic carbocycles. The number of hydrogen-bond donors (Lipinski definition) is 3. The molecule has 20 heavy (non-hydrogen) atoms. The number of nitrogen functional groups attached to an aromatic ring is 1. The number of aromatic nitrogens is 4. The number of nitrogens with zero attached hydrogens (tertiary/aromatic N) is 3. The molecule has 7 nitrogen and oxygen atoms in total. The quantitative estimate of drug-likeness (QED) is 0.610. The van der Waals surface area contributed by atoms with Crippen molar-refractivity contribution in [3.63, 3.8) is 0 Å². The van der Waals surface area contributed by atoms with E-state index in [4.69, 9.17) is 5.73 Å². The Bertz CT molecular complexity index is 752. The Balaban J connectivity index is 1.80. The van der Waals surface area contributed by atoms with Gasteiger partial charge < -0.3 is 11.1 Å². The molecule has 3 rings (SSSR count). The van der Waals surface area contributed by atoms with E-state index >= 15 is 0 Å². The summed E-state index contributed by atoms with van der Waals surface area (Å²) in [5, 5.41) is 17.9. The molecular formula is C13H12N6O. The number of nitrogens with two attached hydrogens (primary N) is 1. The summed E-state index contributed by atoms with van der Waals surface area (Å²) in [5.41, 5.74) is 8.07. The molecule has 0 fully saturated rings. The van der Waals surface area contributed by atoms with Gasteiger partial charge in [-0.05, 0) is 30.3 Å². The highest BCUT2D eigenvalue weighted by Gasteiger charge is 2.14. The molecule has 1 aromatic carbocycles. The van der Waals surface area contributed by atoms with Crippen molar-refractivity contribution in [2.45, 2.75) is 6.54 Å². The molecule has 0 saturated carbocycles. The average Bonchev–Trinajstić information content (AvgIpc) is 2.89. The summed E-state index contributed by atoms with van der Waals surface area (Å²) >= 11 is 0. The molecule has 3 aromatic rings. The number of aromatic amines is 1. The van der Waals surface area contributed by atoms with Gasteiger partial charge in [0.05, 0.1) is 17.8 Å². The van der Waals surface area contributed by atoms with Crippen molar-refractivity contribution >= 4 is 22.5 Å². The van der Waals surface area contributed by atoms with Crippen molar-refractivity contribution in [2.75, 3.05) is 5.73 Å². The standard InChI is InChI=1S/C13H12N6O/c14-8-3-4-11-10(6-8)12(19-18-11)13(20)15-7-9-2-1-5-16-17-9/h1-6H,7,14H2,(H,15,20)(H,18,19). The lowest BCUT2D eigenvalue weighted by molar-refractivity contribution is 0.0947. The second-order valence-electron chi connectivity index (χ2n) is 4.27. The van der Waals surface area contributed by atoms with E-state index < -0.39 is 0 Å². The van der Waals surface area contributed by atoms with E-state index in [1.807, 2.05) is 0 Å². The molecule has 2 heterocycles. The van der Waals surface area contributed by atoms with Crippen LogP contribution in [-0.4, -0.2) is 26.3 Å². The third kappa shape index (κ3) is 2.28. The molecule has 1 amide bonds. The Labute approximate surface area is 114 Å². The Morgan fingerprint density at radius 3 is 3.05 bits per heavy atom. The first-order valence-electron chi connectivity index (χ1n) is 6.02. The van der Waals surface area contributed by atoms with Gasteiger partial charge in [-0.3, -0.25) is 9.89 Å². The molecule has 0 radical (unpaired) electrons. The minimum atomic E-state index is -0.285. The summed E-state index contributed by atoms with van der Waals surface area (Å²) in [4.78, 5) is 12.1. The highest BCUT2D eigenvalue weighted by Crippen LogP contribution is 2.18. The summed E-state index contributed by atoms with van der Waals surface area (Å²) in [6, 6.07) is 8.81. The topological polar surface area (TPSA) is 110 Å². The van der Waals surface area contributed by atoms with Gasteiger partial charge in [0.25, 0.3) is 5.91 Å². The van der Waals surface area contributed by atoms with E-state index in [1.54, 1.807) is 36.5 Å². The van der Waals surface area contributed by atoms with Gasteiger partial charge in [-0.2, -0.15) is 15.3 Å². The predicted molar refractivity (Wildman–Crippen MR) is 73.7 cm³/mol. The zero-order valence-electron chi connectivity index (χ0n) is 10.5. The van der Waals surface area contributed by atoms with Crippen LogP contribution in [0.15, 0.2) is 36.5 Å². The van der Waals surface area contributed by atoms with Gasteiger partial charge >= 0.3 is 0 Å². The molecule has 0 unspecified atom stereocenters. The summed E-state index contributed by atoms with van der Waals surface area (Å²) in [5.74, 6) is -0.285. The molecule has 0 aliphatic heterocycles. The van der Waals surface area contributed by atoms with Crippen LogP contribution in [0.1, 0.15) is 16.2 Å². The fraction of sp³-hybridized carbons (Fsp3) is 0.0769. The second-order valence-corrected chi connectivity index (χ2v) is 4.27. The number of carbonyl (C=O) groups excluding carboxylic acids is 1. The van der Waals surface area contributed by atoms with Crippen LogP contribution in [-0.2, 0) is 6.54 Å². The van der Waals surface area contributed by atoms with E-state index in [1.165, 1.54) is 0 Å². The maximum atomic E-state index is 12.1. The number of H-pyrrole nitrogens is 1. The van der Waals surface area contributed by atoms with E-state index in [0.29, 0.717) is 29.0 Å². The maximum Gasteiger partial charge on any atom is 0.272 e. The molecule has 0 atom stereocenters. The lowest BCUT2D eigenvalue weighted by atomic mass is 10.2. The Kier molecular flexibility index (Phi) is 3.00. The highest BCUT2D eigenvalue weighted by molar-refractivity contribution is 6.05. The van der Waals surface area contributed by atoms with Gasteiger partial charge in [-0.1, -0.05) is 0 Å². The average molecular weight is 268 g/mol. The molecular weight excluding hydrogens is 256 g/mol. The zero-order chi connectivity index (χ0) is 13.9. The van der Waals surface area contributed by atoms with Crippen molar-refractivity contribution in [1.82, 2.24) is 25.7 Å². The largest absolute Gasteiger partial charge is 0.399 e. The Morgan fingerprint density at radius 2 is 2.25 bits per heavy atom. The van der Waals surface area contributed by atoms with Crippen molar-refractivity contribution < 1.29 is 4.79 Å². The molecule has 0 bridgehead atoms. The van der Waals surface area contributed by atoms with Crippen LogP contribution in [0.4, 0.5) is 5.69 Å². The summed E-state index contributed by atoms with van der Waals surface area (Å²) < 4.78 is 0. The van der Waals surface area contributed by atoms with Crippen LogP contribution in [0.5, 0.6) is 0 Å². The Hall–Kier alpha value is -2.96. The number of nitrogens with one attached hydrogen (secondary N) is 2. The van der Waals surface area contributed by atoms with Crippen molar-refractivity contribution in [3.8, 4) is 0 Å². The fourth-order valence-corrected chi connectivity index (χ4v) is 1.89. The van der Waals surface area contributed by atoms with E-state index in [-0.39, 0.29) is 5.91 Å². The lowest BCUT2D eigenvalue weighted by Gasteiger charge is -2.02. The first-order chi connectivity index (χ1) is 9.74. The fourth-order valence-electron chi connectivity index (χ4n) is 1.89. The lowest BCUT2D eigenvalue weighted by Crippen LogP contribution is -2.24. The number of amides is 1. The summed E-state index contributed by atoms with van der Waals surface area (Å²) in [6.07, 6.45) is 1.58. The van der Waals surface area contributed by atoms with Gasteiger partial charge in [0.2, 0.25) is 0 Å². The van der Waals surface area contributed by atoms with Crippen molar-refractivity contribution in [1.29, 1.82) is 0 Å². The molecule has 2 aromatic heterocycles. The van der Waals surface area contributed by atoms with Gasteiger partial charge in [0.1, 0.15) is 0 Å². The third-order valence-electron chi connectivity index (χ3n) is 2.86. The zero-order valence-corrected chi connectivity index (χ0v) is 10.5. The van der Waals surface area contributed by atoms with Crippen LogP contribution >= 0.6 is 0 Å². The van der Waals surface area contributed by atoms with Gasteiger partial charge in [-0.15, -0.1) is 0 Å². The molecule has 100 valence electrons. The van der Waals surface area contributed by atoms with Gasteiger partial charge in [0, 0.05) is 17.3 Å². The number of rotatable bonds is 3. The number of hydrogen-bond acceptors (Lipinski definition) is 5. The summed E-state index contributed by atoms with van der Waals surface area (Å²) in [7, 11) is 0. The number of benzene rings is 1. The van der Waals surface area contributed by atoms with E-state index in [9.17, 15) is 4.79 Å². The molecule has 0 aliphatic rings. The highest BCUT2D eigenvalue weighted by atomic mass is 16.1. The van der Waals surface area contributed by atoms with Crippen LogP contribution in [0.3, 0.4) is 0 Å². The molecule has 7 heteroatoms. The molecule has 4 N–H and O–H groups in total. The number of anilines is 1. The number of fused-ring (bicyclic) bond motifs is 1. The Morgan fingerprint density at radius 1 is 1.35 bits per heavy atom. The van der Waals surface area contributed by atoms with Crippen LogP contribution in [0.2, 0.25) is 0 Å². The monoisotopic (exact) mass is 268 g/mol. The first-order valence-corrected chi connectivity index (χ1v) is 6.02. The van der Waals surface area contributed by atoms with Crippen LogP contribution in [0.25, 0.3) is 10.9 Å². The van der Waals surface area contributed by atoms with Crippen molar-refractivity contribution in [2.24, 2.45) is 0 Å². The van der Waals surface area contributed by atoms with E-state index in [0.717, 1.165) is 5.52 Å². The van der Waals surface area contributed by atoms with Crippen molar-refractivity contribution in [3.05, 3.63) is 47.9 Å². The van der Waals surface area contributed by atoms with Crippen LogP contribution in [0, 0.1) is 0 Å². The molecule has 0 saturated heterocycles. The van der Waals surface area contributed by atoms with E-state index in [2.05, 4.69) is 25.7 Å². The summed E-state index contributed by atoms with van der Waals surface area (Å²) in [6.45, 7) is 0.295. The van der Waals surface area contributed by atoms with Gasteiger partial charge in [-0.25, -0.2) is 0 Å². The minimum Gasteiger partial charge on any atom is -0.399 e. The van der Waals surface area contributed by atoms with Crippen LogP contribution < -0.4 is 11.1 Å². The SMILES string of the molecule is Nc1ccc2[nH]nc(C(=O)NCc3cccnn3)c2c1. The predicted octanol–water partition coefficient (Wildman–Crippen LogP) is 0.865. The molecule has 0 spiro atoms. The third-order valence-corrected chi connectivity index (χ3v) is 2.86. The smallest absolute Gasteiger partial charge is 0.272 e. The first kappa shape index (κ1) is 12.1. The number of carbonyl (C=O) groups is 1. The normalized spacial score (nSPS) is 10.6.